The number of allylic oxidation sites excluding steroid dienone is 1. The number of nitrogens with zero attached hydrogens (tertiary/aromatic N) is 4. The maximum absolute atomic E-state index is 14.2. The van der Waals surface area contributed by atoms with Gasteiger partial charge in [-0.15, -0.1) is 22.0 Å². The standard InChI is InChI=1S/C34H32ClN5O6S/c1-34(2,3)46-33(44)36-26-30(42)40-27(32(43)45-28(20-10-6-4-7-11-20)21-12-8-5-9-13-21)23(19-47-31(26)40)18-22-16-17-39(29(22)41)25-15-14-24(35)37-38-25/h4-15,18,26,28,31H,16-17,19H2,1-3H3,(H,36,44)/t26-,31-/m1/s1. The number of esters is 1. The third kappa shape index (κ3) is 6.89. The number of aromatic nitrogens is 2. The van der Waals surface area contributed by atoms with Crippen molar-refractivity contribution in [1.29, 1.82) is 0 Å². The van der Waals surface area contributed by atoms with Crippen molar-refractivity contribution in [2.75, 3.05) is 17.2 Å². The second-order valence-electron chi connectivity index (χ2n) is 12.1. The van der Waals surface area contributed by atoms with Crippen molar-refractivity contribution in [3.63, 3.8) is 0 Å². The molecule has 3 aromatic rings. The van der Waals surface area contributed by atoms with E-state index >= 15 is 0 Å². The Labute approximate surface area is 280 Å². The van der Waals surface area contributed by atoms with Gasteiger partial charge in [0.15, 0.2) is 17.1 Å². The highest BCUT2D eigenvalue weighted by Crippen LogP contribution is 2.43. The molecule has 0 saturated carbocycles. The first-order valence-electron chi connectivity index (χ1n) is 15.0. The number of anilines is 1. The third-order valence-electron chi connectivity index (χ3n) is 7.66. The van der Waals surface area contributed by atoms with Gasteiger partial charge in [0.2, 0.25) is 0 Å². The van der Waals surface area contributed by atoms with Crippen LogP contribution in [0.4, 0.5) is 10.6 Å². The first-order chi connectivity index (χ1) is 22.5. The van der Waals surface area contributed by atoms with E-state index in [1.165, 1.54) is 21.6 Å². The molecule has 0 aliphatic carbocycles. The number of thioether (sulfide) groups is 1. The summed E-state index contributed by atoms with van der Waals surface area (Å²) < 4.78 is 11.6. The zero-order valence-electron chi connectivity index (χ0n) is 25.9. The largest absolute Gasteiger partial charge is 0.448 e. The Balaban J connectivity index is 1.34. The number of amides is 3. The maximum Gasteiger partial charge on any atom is 0.408 e. The molecule has 13 heteroatoms. The number of fused-ring (bicyclic) bond motifs is 1. The summed E-state index contributed by atoms with van der Waals surface area (Å²) in [5.41, 5.74) is 1.68. The second kappa shape index (κ2) is 13.2. The Bertz CT molecular complexity index is 1720. The Morgan fingerprint density at radius 1 is 1.00 bits per heavy atom. The van der Waals surface area contributed by atoms with Crippen molar-refractivity contribution < 1.29 is 28.7 Å². The number of carbonyl (C=O) groups is 4. The van der Waals surface area contributed by atoms with Crippen molar-refractivity contribution in [3.8, 4) is 0 Å². The van der Waals surface area contributed by atoms with Gasteiger partial charge in [0.05, 0.1) is 0 Å². The molecular formula is C34H32ClN5O6S. The van der Waals surface area contributed by atoms with Gasteiger partial charge in [0.1, 0.15) is 22.7 Å². The first kappa shape index (κ1) is 32.3. The highest BCUT2D eigenvalue weighted by Gasteiger charge is 2.55. The zero-order chi connectivity index (χ0) is 33.3. The SMILES string of the molecule is CC(C)(C)OC(=O)N[C@@H]1C(=O)N2C(C(=O)OC(c3ccccc3)c3ccccc3)=C(C=C3CCN(c4ccc(Cl)nn4)C3=O)CS[C@H]12. The number of hydrogen-bond donors (Lipinski definition) is 1. The highest BCUT2D eigenvalue weighted by molar-refractivity contribution is 8.00. The van der Waals surface area contributed by atoms with E-state index in [4.69, 9.17) is 21.1 Å². The van der Waals surface area contributed by atoms with Crippen LogP contribution in [0.15, 0.2) is 95.7 Å². The first-order valence-corrected chi connectivity index (χ1v) is 16.4. The van der Waals surface area contributed by atoms with Crippen molar-refractivity contribution in [2.24, 2.45) is 0 Å². The van der Waals surface area contributed by atoms with Crippen LogP contribution in [0.2, 0.25) is 5.15 Å². The number of alkyl carbamates (subject to hydrolysis) is 1. The summed E-state index contributed by atoms with van der Waals surface area (Å²) in [6.07, 6.45) is 0.551. The summed E-state index contributed by atoms with van der Waals surface area (Å²) in [4.78, 5) is 56.7. The number of rotatable bonds is 7. The van der Waals surface area contributed by atoms with Crippen LogP contribution in [-0.2, 0) is 23.9 Å². The van der Waals surface area contributed by atoms with Gasteiger partial charge in [0.25, 0.3) is 11.8 Å². The van der Waals surface area contributed by atoms with Crippen LogP contribution in [0.25, 0.3) is 0 Å². The Hall–Kier alpha value is -4.68. The van der Waals surface area contributed by atoms with Crippen molar-refractivity contribution in [2.45, 2.75) is 50.3 Å². The monoisotopic (exact) mass is 673 g/mol. The van der Waals surface area contributed by atoms with Gasteiger partial charge in [-0.1, -0.05) is 72.3 Å². The average Bonchev–Trinajstić information content (AvgIpc) is 3.41. The fourth-order valence-corrected chi connectivity index (χ4v) is 6.96. The van der Waals surface area contributed by atoms with Gasteiger partial charge in [-0.2, -0.15) is 0 Å². The minimum Gasteiger partial charge on any atom is -0.448 e. The van der Waals surface area contributed by atoms with Gasteiger partial charge in [-0.05, 0) is 62.1 Å². The van der Waals surface area contributed by atoms with Gasteiger partial charge in [-0.25, -0.2) is 9.59 Å². The lowest BCUT2D eigenvalue weighted by Crippen LogP contribution is -2.70. The number of β-lactam (4-membered cyclic amide) rings is 1. The molecule has 2 atom stereocenters. The normalized spacial score (nSPS) is 20.3. The summed E-state index contributed by atoms with van der Waals surface area (Å²) in [6.45, 7) is 5.55. The van der Waals surface area contributed by atoms with Crippen LogP contribution in [0.1, 0.15) is 44.4 Å². The molecule has 2 fully saturated rings. The van der Waals surface area contributed by atoms with Crippen LogP contribution in [-0.4, -0.2) is 68.3 Å². The summed E-state index contributed by atoms with van der Waals surface area (Å²) in [5.74, 6) is -0.862. The third-order valence-corrected chi connectivity index (χ3v) is 9.16. The van der Waals surface area contributed by atoms with E-state index < -0.39 is 41.1 Å². The van der Waals surface area contributed by atoms with E-state index in [0.29, 0.717) is 29.9 Å². The molecule has 242 valence electrons. The highest BCUT2D eigenvalue weighted by atomic mass is 35.5. The van der Waals surface area contributed by atoms with Crippen LogP contribution in [0, 0.1) is 0 Å². The minimum absolute atomic E-state index is 0.0304. The van der Waals surface area contributed by atoms with Crippen molar-refractivity contribution in [1.82, 2.24) is 20.4 Å². The molecule has 0 bridgehead atoms. The number of ether oxygens (including phenoxy) is 2. The quantitative estimate of drug-likeness (QED) is 0.205. The number of halogens is 1. The van der Waals surface area contributed by atoms with Gasteiger partial charge < -0.3 is 14.8 Å². The smallest absolute Gasteiger partial charge is 0.408 e. The molecule has 2 aromatic carbocycles. The molecule has 4 heterocycles. The number of carbonyl (C=O) groups excluding carboxylic acids is 4. The van der Waals surface area contributed by atoms with Crippen LogP contribution >= 0.6 is 23.4 Å². The minimum atomic E-state index is -0.905. The van der Waals surface area contributed by atoms with Crippen LogP contribution in [0.5, 0.6) is 0 Å². The number of hydrogen-bond acceptors (Lipinski definition) is 9. The van der Waals surface area contributed by atoms with Crippen LogP contribution < -0.4 is 10.2 Å². The second-order valence-corrected chi connectivity index (χ2v) is 13.6. The summed E-state index contributed by atoms with van der Waals surface area (Å²) >= 11 is 7.25. The van der Waals surface area contributed by atoms with E-state index in [2.05, 4.69) is 15.5 Å². The summed E-state index contributed by atoms with van der Waals surface area (Å²) in [6, 6.07) is 20.9. The number of benzene rings is 2. The van der Waals surface area contributed by atoms with Crippen LogP contribution in [0.3, 0.4) is 0 Å². The number of nitrogens with one attached hydrogen (secondary N) is 1. The molecule has 1 N–H and O–H groups in total. The molecule has 3 aliphatic heterocycles. The zero-order valence-corrected chi connectivity index (χ0v) is 27.5. The molecule has 3 aliphatic rings. The fraction of sp³-hybridized carbons (Fsp3) is 0.294. The van der Waals surface area contributed by atoms with Gasteiger partial charge >= 0.3 is 12.1 Å². The predicted octanol–water partition coefficient (Wildman–Crippen LogP) is 5.19. The molecule has 11 nitrogen and oxygen atoms in total. The van der Waals surface area contributed by atoms with E-state index in [1.807, 2.05) is 60.7 Å². The van der Waals surface area contributed by atoms with E-state index in [-0.39, 0.29) is 22.5 Å². The topological polar surface area (TPSA) is 131 Å². The van der Waals surface area contributed by atoms with Gasteiger partial charge in [0, 0.05) is 17.9 Å². The Kier molecular flexibility index (Phi) is 9.07. The maximum atomic E-state index is 14.2. The molecule has 2 saturated heterocycles. The molecule has 1 aromatic heterocycles. The Morgan fingerprint density at radius 3 is 2.26 bits per heavy atom. The molecule has 47 heavy (non-hydrogen) atoms. The van der Waals surface area contributed by atoms with E-state index in [0.717, 1.165) is 11.1 Å². The molecule has 6 rings (SSSR count). The van der Waals surface area contributed by atoms with Crippen molar-refractivity contribution in [3.05, 3.63) is 112 Å². The Morgan fingerprint density at radius 2 is 1.66 bits per heavy atom. The summed E-state index contributed by atoms with van der Waals surface area (Å²) in [5, 5.41) is 10.1. The predicted molar refractivity (Wildman–Crippen MR) is 176 cm³/mol. The fourth-order valence-electron chi connectivity index (χ4n) is 5.55. The molecule has 0 spiro atoms. The lowest BCUT2D eigenvalue weighted by Gasteiger charge is -2.49. The lowest BCUT2D eigenvalue weighted by atomic mass is 10.00. The molecular weight excluding hydrogens is 642 g/mol. The van der Waals surface area contributed by atoms with Crippen molar-refractivity contribution >= 4 is 53.1 Å². The van der Waals surface area contributed by atoms with E-state index in [9.17, 15) is 19.2 Å². The molecule has 0 unspecified atom stereocenters. The molecule has 0 radical (unpaired) electrons. The molecule has 3 amide bonds. The lowest BCUT2D eigenvalue weighted by molar-refractivity contribution is -0.153. The van der Waals surface area contributed by atoms with Gasteiger partial charge in [-0.3, -0.25) is 19.4 Å². The summed E-state index contributed by atoms with van der Waals surface area (Å²) in [7, 11) is 0. The van der Waals surface area contributed by atoms with E-state index in [1.54, 1.807) is 39.0 Å². The average molecular weight is 674 g/mol.